The number of hydrogen-bond donors (Lipinski definition) is 2. The molecule has 0 saturated carbocycles. The van der Waals surface area contributed by atoms with E-state index in [2.05, 4.69) is 5.32 Å². The standard InChI is InChI=1S/C14H21ClN2O3/c1-9(2)4-10(5-13(18)19)7-16-14(20)12-6-11(15)8-17(12)3/h6,8-10H,4-5,7H2,1-3H3,(H,16,20)(H,18,19)/t10-/m0/s1. The van der Waals surface area contributed by atoms with E-state index >= 15 is 0 Å². The molecule has 1 rings (SSSR count). The predicted molar refractivity (Wildman–Crippen MR) is 78.0 cm³/mol. The first-order valence-corrected chi connectivity index (χ1v) is 6.99. The van der Waals surface area contributed by atoms with Crippen LogP contribution in [0.15, 0.2) is 12.3 Å². The van der Waals surface area contributed by atoms with Gasteiger partial charge in [0, 0.05) is 26.2 Å². The molecule has 0 aliphatic heterocycles. The van der Waals surface area contributed by atoms with E-state index in [4.69, 9.17) is 16.7 Å². The number of aryl methyl sites for hydroxylation is 1. The number of aromatic nitrogens is 1. The summed E-state index contributed by atoms with van der Waals surface area (Å²) in [6, 6.07) is 1.59. The van der Waals surface area contributed by atoms with E-state index in [1.165, 1.54) is 0 Å². The zero-order valence-corrected chi connectivity index (χ0v) is 12.8. The van der Waals surface area contributed by atoms with Crippen LogP contribution in [0.3, 0.4) is 0 Å². The first-order chi connectivity index (χ1) is 9.29. The van der Waals surface area contributed by atoms with E-state index in [1.54, 1.807) is 23.9 Å². The molecule has 0 fully saturated rings. The highest BCUT2D eigenvalue weighted by Gasteiger charge is 2.17. The molecule has 112 valence electrons. The fourth-order valence-corrected chi connectivity index (χ4v) is 2.48. The minimum atomic E-state index is -0.841. The van der Waals surface area contributed by atoms with Crippen molar-refractivity contribution in [3.63, 3.8) is 0 Å². The molecule has 1 aromatic rings. The summed E-state index contributed by atoms with van der Waals surface area (Å²) in [5.74, 6) is -0.752. The van der Waals surface area contributed by atoms with Crippen molar-refractivity contribution in [2.24, 2.45) is 18.9 Å². The smallest absolute Gasteiger partial charge is 0.303 e. The molecule has 1 amide bonds. The minimum absolute atomic E-state index is 0.0619. The second kappa shape index (κ2) is 7.33. The first kappa shape index (κ1) is 16.6. The van der Waals surface area contributed by atoms with Crippen molar-refractivity contribution in [1.82, 2.24) is 9.88 Å². The molecule has 0 radical (unpaired) electrons. The summed E-state index contributed by atoms with van der Waals surface area (Å²) in [4.78, 5) is 22.8. The Hall–Kier alpha value is -1.49. The highest BCUT2D eigenvalue weighted by molar-refractivity contribution is 6.31. The summed E-state index contributed by atoms with van der Waals surface area (Å²) >= 11 is 5.83. The number of carboxylic acids is 1. The number of nitrogens with one attached hydrogen (secondary N) is 1. The number of aliphatic carboxylic acids is 1. The van der Waals surface area contributed by atoms with Crippen LogP contribution in [0.1, 0.15) is 37.2 Å². The van der Waals surface area contributed by atoms with Gasteiger partial charge in [-0.2, -0.15) is 0 Å². The Labute approximate surface area is 123 Å². The fourth-order valence-electron chi connectivity index (χ4n) is 2.23. The van der Waals surface area contributed by atoms with Crippen LogP contribution in [0, 0.1) is 11.8 Å². The van der Waals surface area contributed by atoms with Crippen LogP contribution in [0.5, 0.6) is 0 Å². The Balaban J connectivity index is 2.60. The number of carbonyl (C=O) groups excluding carboxylic acids is 1. The molecule has 2 N–H and O–H groups in total. The van der Waals surface area contributed by atoms with Gasteiger partial charge in [0.1, 0.15) is 5.69 Å². The average molecular weight is 301 g/mol. The lowest BCUT2D eigenvalue weighted by molar-refractivity contribution is -0.138. The summed E-state index contributed by atoms with van der Waals surface area (Å²) in [5, 5.41) is 12.2. The lowest BCUT2D eigenvalue weighted by Gasteiger charge is -2.17. The van der Waals surface area contributed by atoms with Crippen LogP contribution in [0.25, 0.3) is 0 Å². The maximum atomic E-state index is 12.0. The highest BCUT2D eigenvalue weighted by atomic mass is 35.5. The van der Waals surface area contributed by atoms with Gasteiger partial charge in [-0.25, -0.2) is 0 Å². The number of amides is 1. The summed E-state index contributed by atoms with van der Waals surface area (Å²) < 4.78 is 1.65. The highest BCUT2D eigenvalue weighted by Crippen LogP contribution is 2.16. The maximum absolute atomic E-state index is 12.0. The molecule has 1 atom stereocenters. The molecule has 0 spiro atoms. The van der Waals surface area contributed by atoms with E-state index in [0.717, 1.165) is 6.42 Å². The van der Waals surface area contributed by atoms with Crippen molar-refractivity contribution in [3.05, 3.63) is 23.0 Å². The maximum Gasteiger partial charge on any atom is 0.303 e. The number of nitrogens with zero attached hydrogens (tertiary/aromatic N) is 1. The number of halogens is 1. The van der Waals surface area contributed by atoms with Crippen LogP contribution in [0.2, 0.25) is 5.02 Å². The number of carbonyl (C=O) groups is 2. The van der Waals surface area contributed by atoms with E-state index in [1.807, 2.05) is 13.8 Å². The monoisotopic (exact) mass is 300 g/mol. The molecule has 0 saturated heterocycles. The van der Waals surface area contributed by atoms with E-state index < -0.39 is 5.97 Å². The SMILES string of the molecule is CC(C)C[C@H](CNC(=O)c1cc(Cl)cn1C)CC(=O)O. The number of hydrogen-bond acceptors (Lipinski definition) is 2. The Morgan fingerprint density at radius 2 is 2.10 bits per heavy atom. The van der Waals surface area contributed by atoms with Crippen molar-refractivity contribution >= 4 is 23.5 Å². The topological polar surface area (TPSA) is 71.3 Å². The number of carboxylic acid groups (broad SMARTS) is 1. The molecule has 0 unspecified atom stereocenters. The molecule has 6 heteroatoms. The molecule has 0 aliphatic carbocycles. The third-order valence-electron chi connectivity index (χ3n) is 3.02. The quantitative estimate of drug-likeness (QED) is 0.813. The van der Waals surface area contributed by atoms with Gasteiger partial charge < -0.3 is 15.0 Å². The molecular weight excluding hydrogens is 280 g/mol. The van der Waals surface area contributed by atoms with E-state index in [-0.39, 0.29) is 18.2 Å². The van der Waals surface area contributed by atoms with Crippen molar-refractivity contribution < 1.29 is 14.7 Å². The molecule has 0 aliphatic rings. The van der Waals surface area contributed by atoms with Gasteiger partial charge in [-0.3, -0.25) is 9.59 Å². The van der Waals surface area contributed by atoms with Gasteiger partial charge in [0.2, 0.25) is 0 Å². The first-order valence-electron chi connectivity index (χ1n) is 6.61. The van der Waals surface area contributed by atoms with Gasteiger partial charge in [0.05, 0.1) is 5.02 Å². The molecule has 0 bridgehead atoms. The third kappa shape index (κ3) is 5.25. The molecular formula is C14H21ClN2O3. The molecule has 1 heterocycles. The Morgan fingerprint density at radius 1 is 1.45 bits per heavy atom. The summed E-state index contributed by atoms with van der Waals surface area (Å²) in [7, 11) is 1.74. The Morgan fingerprint density at radius 3 is 2.55 bits per heavy atom. The Bertz CT molecular complexity index is 483. The average Bonchev–Trinajstić information content (AvgIpc) is 2.63. The lowest BCUT2D eigenvalue weighted by atomic mass is 9.94. The van der Waals surface area contributed by atoms with Crippen LogP contribution in [-0.4, -0.2) is 28.1 Å². The second-order valence-corrected chi connectivity index (χ2v) is 5.89. The second-order valence-electron chi connectivity index (χ2n) is 5.46. The van der Waals surface area contributed by atoms with Crippen LogP contribution >= 0.6 is 11.6 Å². The minimum Gasteiger partial charge on any atom is -0.481 e. The zero-order chi connectivity index (χ0) is 15.3. The van der Waals surface area contributed by atoms with Crippen LogP contribution < -0.4 is 5.32 Å². The van der Waals surface area contributed by atoms with Crippen molar-refractivity contribution in [2.75, 3.05) is 6.54 Å². The van der Waals surface area contributed by atoms with Gasteiger partial charge in [-0.1, -0.05) is 25.4 Å². The van der Waals surface area contributed by atoms with Crippen LogP contribution in [-0.2, 0) is 11.8 Å². The molecule has 20 heavy (non-hydrogen) atoms. The van der Waals surface area contributed by atoms with E-state index in [9.17, 15) is 9.59 Å². The molecule has 5 nitrogen and oxygen atoms in total. The number of rotatable bonds is 7. The summed E-state index contributed by atoms with van der Waals surface area (Å²) in [6.07, 6.45) is 2.48. The van der Waals surface area contributed by atoms with Crippen LogP contribution in [0.4, 0.5) is 0 Å². The summed E-state index contributed by atoms with van der Waals surface area (Å²) in [5.41, 5.74) is 0.466. The van der Waals surface area contributed by atoms with Gasteiger partial charge in [0.15, 0.2) is 0 Å². The largest absolute Gasteiger partial charge is 0.481 e. The van der Waals surface area contributed by atoms with Gasteiger partial charge >= 0.3 is 5.97 Å². The van der Waals surface area contributed by atoms with E-state index in [0.29, 0.717) is 23.2 Å². The molecule has 0 aromatic carbocycles. The normalized spacial score (nSPS) is 12.4. The van der Waals surface area contributed by atoms with Crippen molar-refractivity contribution in [2.45, 2.75) is 26.7 Å². The lowest BCUT2D eigenvalue weighted by Crippen LogP contribution is -2.32. The third-order valence-corrected chi connectivity index (χ3v) is 3.23. The fraction of sp³-hybridized carbons (Fsp3) is 0.571. The summed E-state index contributed by atoms with van der Waals surface area (Å²) in [6.45, 7) is 4.42. The van der Waals surface area contributed by atoms with Crippen molar-refractivity contribution in [1.29, 1.82) is 0 Å². The van der Waals surface area contributed by atoms with Gasteiger partial charge in [-0.05, 0) is 24.3 Å². The zero-order valence-electron chi connectivity index (χ0n) is 12.0. The predicted octanol–water partition coefficient (Wildman–Crippen LogP) is 2.55. The Kier molecular flexibility index (Phi) is 6.07. The van der Waals surface area contributed by atoms with Gasteiger partial charge in [-0.15, -0.1) is 0 Å². The molecule has 1 aromatic heterocycles. The van der Waals surface area contributed by atoms with Gasteiger partial charge in [0.25, 0.3) is 5.91 Å². The van der Waals surface area contributed by atoms with Crippen molar-refractivity contribution in [3.8, 4) is 0 Å².